The number of thioether (sulfide) groups is 1. The van der Waals surface area contributed by atoms with Crippen molar-refractivity contribution in [2.75, 3.05) is 38.7 Å². The SMILES string of the molecule is COCCCNC(=O)C1CCN(C(=O)CC2Sc3ccc(Cl)cc3NC2=O)CC1. The number of nitrogens with one attached hydrogen (secondary N) is 2. The molecule has 3 amide bonds. The zero-order valence-corrected chi connectivity index (χ0v) is 18.0. The summed E-state index contributed by atoms with van der Waals surface area (Å²) in [6, 6.07) is 5.34. The van der Waals surface area contributed by atoms with Crippen LogP contribution < -0.4 is 10.6 Å². The number of benzene rings is 1. The van der Waals surface area contributed by atoms with E-state index in [0.717, 1.165) is 11.3 Å². The Hall–Kier alpha value is -1.77. The molecule has 2 aliphatic rings. The fourth-order valence-corrected chi connectivity index (χ4v) is 4.76. The molecular formula is C20H26ClN3O4S. The van der Waals surface area contributed by atoms with Gasteiger partial charge in [0.05, 0.1) is 10.9 Å². The average molecular weight is 440 g/mol. The van der Waals surface area contributed by atoms with Gasteiger partial charge in [0.25, 0.3) is 0 Å². The Morgan fingerprint density at radius 2 is 2.10 bits per heavy atom. The third kappa shape index (κ3) is 5.87. The second-order valence-corrected chi connectivity index (χ2v) is 8.91. The van der Waals surface area contributed by atoms with Gasteiger partial charge >= 0.3 is 0 Å². The van der Waals surface area contributed by atoms with Gasteiger partial charge in [-0.3, -0.25) is 14.4 Å². The van der Waals surface area contributed by atoms with E-state index < -0.39 is 5.25 Å². The third-order valence-electron chi connectivity index (χ3n) is 5.16. The second kappa shape index (κ2) is 10.3. The van der Waals surface area contributed by atoms with Crippen molar-refractivity contribution >= 4 is 46.8 Å². The zero-order valence-electron chi connectivity index (χ0n) is 16.4. The number of piperidine rings is 1. The van der Waals surface area contributed by atoms with Gasteiger partial charge in [0.2, 0.25) is 17.7 Å². The van der Waals surface area contributed by atoms with Gasteiger partial charge in [0.15, 0.2) is 0 Å². The number of likely N-dealkylation sites (tertiary alicyclic amines) is 1. The lowest BCUT2D eigenvalue weighted by molar-refractivity contribution is -0.136. The van der Waals surface area contributed by atoms with Crippen LogP contribution in [0.25, 0.3) is 0 Å². The molecule has 1 unspecified atom stereocenters. The highest BCUT2D eigenvalue weighted by Crippen LogP contribution is 2.38. The van der Waals surface area contributed by atoms with E-state index in [9.17, 15) is 14.4 Å². The van der Waals surface area contributed by atoms with Crippen LogP contribution in [0.1, 0.15) is 25.7 Å². The molecule has 1 atom stereocenters. The molecular weight excluding hydrogens is 414 g/mol. The van der Waals surface area contributed by atoms with Crippen LogP contribution in [-0.4, -0.2) is 61.2 Å². The lowest BCUT2D eigenvalue weighted by Crippen LogP contribution is -2.44. The molecule has 29 heavy (non-hydrogen) atoms. The van der Waals surface area contributed by atoms with Gasteiger partial charge in [0, 0.05) is 55.6 Å². The number of methoxy groups -OCH3 is 1. The molecule has 158 valence electrons. The first-order chi connectivity index (χ1) is 14.0. The highest BCUT2D eigenvalue weighted by molar-refractivity contribution is 8.01. The van der Waals surface area contributed by atoms with E-state index in [4.69, 9.17) is 16.3 Å². The van der Waals surface area contributed by atoms with Crippen molar-refractivity contribution in [2.45, 2.75) is 35.8 Å². The molecule has 0 spiro atoms. The monoisotopic (exact) mass is 439 g/mol. The quantitative estimate of drug-likeness (QED) is 0.637. The van der Waals surface area contributed by atoms with E-state index in [1.54, 1.807) is 24.1 Å². The number of nitrogens with zero attached hydrogens (tertiary/aromatic N) is 1. The highest BCUT2D eigenvalue weighted by atomic mass is 35.5. The Bertz CT molecular complexity index is 768. The normalized spacial score (nSPS) is 19.4. The number of carbonyl (C=O) groups is 3. The first kappa shape index (κ1) is 21.9. The number of amides is 3. The van der Waals surface area contributed by atoms with Gasteiger partial charge in [0.1, 0.15) is 0 Å². The fraction of sp³-hybridized carbons (Fsp3) is 0.550. The Balaban J connectivity index is 1.46. The average Bonchev–Trinajstić information content (AvgIpc) is 2.72. The number of rotatable bonds is 7. The molecule has 2 aliphatic heterocycles. The molecule has 0 bridgehead atoms. The van der Waals surface area contributed by atoms with Gasteiger partial charge in [-0.15, -0.1) is 11.8 Å². The summed E-state index contributed by atoms with van der Waals surface area (Å²) in [6.45, 7) is 2.31. The van der Waals surface area contributed by atoms with Gasteiger partial charge in [-0.05, 0) is 37.5 Å². The van der Waals surface area contributed by atoms with Crippen molar-refractivity contribution in [3.63, 3.8) is 0 Å². The number of anilines is 1. The van der Waals surface area contributed by atoms with E-state index in [0.29, 0.717) is 49.8 Å². The van der Waals surface area contributed by atoms with Crippen LogP contribution in [0.5, 0.6) is 0 Å². The summed E-state index contributed by atoms with van der Waals surface area (Å²) >= 11 is 7.36. The van der Waals surface area contributed by atoms with E-state index in [1.807, 2.05) is 6.07 Å². The third-order valence-corrected chi connectivity index (χ3v) is 6.67. The first-order valence-electron chi connectivity index (χ1n) is 9.79. The van der Waals surface area contributed by atoms with Crippen LogP contribution in [0.2, 0.25) is 5.02 Å². The lowest BCUT2D eigenvalue weighted by Gasteiger charge is -2.32. The smallest absolute Gasteiger partial charge is 0.238 e. The van der Waals surface area contributed by atoms with E-state index >= 15 is 0 Å². The summed E-state index contributed by atoms with van der Waals surface area (Å²) in [5.74, 6) is -0.242. The summed E-state index contributed by atoms with van der Waals surface area (Å²) in [7, 11) is 1.64. The van der Waals surface area contributed by atoms with Crippen LogP contribution in [-0.2, 0) is 19.1 Å². The van der Waals surface area contributed by atoms with Crippen LogP contribution in [0.4, 0.5) is 5.69 Å². The molecule has 3 rings (SSSR count). The van der Waals surface area contributed by atoms with E-state index in [2.05, 4.69) is 10.6 Å². The Kier molecular flexibility index (Phi) is 7.80. The maximum atomic E-state index is 12.7. The van der Waals surface area contributed by atoms with Gasteiger partial charge in [-0.1, -0.05) is 11.6 Å². The number of hydrogen-bond acceptors (Lipinski definition) is 5. The van der Waals surface area contributed by atoms with Crippen LogP contribution in [0.15, 0.2) is 23.1 Å². The number of carbonyl (C=O) groups excluding carboxylic acids is 3. The molecule has 0 saturated carbocycles. The van der Waals surface area contributed by atoms with Crippen LogP contribution >= 0.6 is 23.4 Å². The minimum Gasteiger partial charge on any atom is -0.385 e. The molecule has 1 aromatic rings. The molecule has 0 aromatic heterocycles. The Morgan fingerprint density at radius 1 is 1.34 bits per heavy atom. The van der Waals surface area contributed by atoms with Crippen LogP contribution in [0, 0.1) is 5.92 Å². The summed E-state index contributed by atoms with van der Waals surface area (Å²) < 4.78 is 4.97. The molecule has 0 aliphatic carbocycles. The van der Waals surface area contributed by atoms with E-state index in [-0.39, 0.29) is 30.1 Å². The molecule has 9 heteroatoms. The van der Waals surface area contributed by atoms with Gasteiger partial charge in [-0.2, -0.15) is 0 Å². The summed E-state index contributed by atoms with van der Waals surface area (Å²) in [6.07, 6.45) is 2.23. The lowest BCUT2D eigenvalue weighted by atomic mass is 9.95. The van der Waals surface area contributed by atoms with Crippen molar-refractivity contribution in [3.05, 3.63) is 23.2 Å². The highest BCUT2D eigenvalue weighted by Gasteiger charge is 2.33. The number of hydrogen-bond donors (Lipinski definition) is 2. The summed E-state index contributed by atoms with van der Waals surface area (Å²) in [5, 5.41) is 5.86. The molecule has 1 fully saturated rings. The predicted octanol–water partition coefficient (Wildman–Crippen LogP) is 2.53. The molecule has 2 heterocycles. The molecule has 2 N–H and O–H groups in total. The van der Waals surface area contributed by atoms with E-state index in [1.165, 1.54) is 11.8 Å². The van der Waals surface area contributed by atoms with Crippen molar-refractivity contribution < 1.29 is 19.1 Å². The molecule has 1 aromatic carbocycles. The van der Waals surface area contributed by atoms with Crippen LogP contribution in [0.3, 0.4) is 0 Å². The maximum Gasteiger partial charge on any atom is 0.238 e. The minimum absolute atomic E-state index is 0.0469. The van der Waals surface area contributed by atoms with Crippen molar-refractivity contribution in [3.8, 4) is 0 Å². The fourth-order valence-electron chi connectivity index (χ4n) is 3.51. The predicted molar refractivity (Wildman–Crippen MR) is 113 cm³/mol. The van der Waals surface area contributed by atoms with Gasteiger partial charge in [-0.25, -0.2) is 0 Å². The minimum atomic E-state index is -0.460. The summed E-state index contributed by atoms with van der Waals surface area (Å²) in [4.78, 5) is 40.0. The number of ether oxygens (including phenoxy) is 1. The summed E-state index contributed by atoms with van der Waals surface area (Å²) in [5.41, 5.74) is 0.688. The number of fused-ring (bicyclic) bond motifs is 1. The topological polar surface area (TPSA) is 87.7 Å². The zero-order chi connectivity index (χ0) is 20.8. The van der Waals surface area contributed by atoms with Crippen molar-refractivity contribution in [2.24, 2.45) is 5.92 Å². The first-order valence-corrected chi connectivity index (χ1v) is 11.0. The van der Waals surface area contributed by atoms with Crippen molar-refractivity contribution in [1.82, 2.24) is 10.2 Å². The van der Waals surface area contributed by atoms with Crippen molar-refractivity contribution in [1.29, 1.82) is 0 Å². The Morgan fingerprint density at radius 3 is 2.83 bits per heavy atom. The largest absolute Gasteiger partial charge is 0.385 e. The number of halogens is 1. The maximum absolute atomic E-state index is 12.7. The molecule has 1 saturated heterocycles. The second-order valence-electron chi connectivity index (χ2n) is 7.23. The molecule has 0 radical (unpaired) electrons. The standard InChI is InChI=1S/C20H26ClN3O4S/c1-28-10-2-7-22-19(26)13-5-8-24(9-6-13)18(25)12-17-20(27)23-15-11-14(21)3-4-16(15)29-17/h3-4,11,13,17H,2,5-10,12H2,1H3,(H,22,26)(H,23,27). The molecule has 7 nitrogen and oxygen atoms in total. The van der Waals surface area contributed by atoms with Gasteiger partial charge < -0.3 is 20.3 Å². The Labute approximate surface area is 179 Å².